The Bertz CT molecular complexity index is 772. The zero-order chi connectivity index (χ0) is 34.0. The van der Waals surface area contributed by atoms with E-state index in [9.17, 15) is 19.0 Å². The first-order valence-electron chi connectivity index (χ1n) is 19.0. The van der Waals surface area contributed by atoms with Crippen molar-refractivity contribution in [3.63, 3.8) is 0 Å². The van der Waals surface area contributed by atoms with Gasteiger partial charge in [-0.2, -0.15) is 0 Å². The van der Waals surface area contributed by atoms with Crippen LogP contribution in [0.25, 0.3) is 0 Å². The fourth-order valence-electron chi connectivity index (χ4n) is 5.27. The molecule has 0 saturated heterocycles. The molecule has 0 radical (unpaired) electrons. The summed E-state index contributed by atoms with van der Waals surface area (Å²) in [6.45, 7) is 5.45. The molecule has 0 aliphatic rings. The predicted octanol–water partition coefficient (Wildman–Crippen LogP) is 11.3. The average Bonchev–Trinajstić information content (AvgIpc) is 3.03. The van der Waals surface area contributed by atoms with Crippen LogP contribution in [0.1, 0.15) is 188 Å². The Balaban J connectivity index is 4.15. The molecule has 2 atom stereocenters. The van der Waals surface area contributed by atoms with Gasteiger partial charge in [-0.25, -0.2) is 4.57 Å². The maximum absolute atomic E-state index is 12.5. The number of carbonyl (C=O) groups excluding carboxylic acids is 2. The van der Waals surface area contributed by atoms with E-state index >= 15 is 0 Å². The maximum atomic E-state index is 12.5. The van der Waals surface area contributed by atoms with E-state index in [0.29, 0.717) is 12.8 Å². The third-order valence-electron chi connectivity index (χ3n) is 8.07. The number of allylic oxidation sites excluding steroid dienone is 2. The number of ether oxygens (including phenoxy) is 2. The smallest absolute Gasteiger partial charge is 0.462 e. The van der Waals surface area contributed by atoms with Crippen LogP contribution in [-0.2, 0) is 32.7 Å². The zero-order valence-corrected chi connectivity index (χ0v) is 30.9. The molecule has 0 bridgehead atoms. The molecular weight excluding hydrogens is 603 g/mol. The van der Waals surface area contributed by atoms with Crippen molar-refractivity contribution in [3.05, 3.63) is 12.2 Å². The predicted molar refractivity (Wildman–Crippen MR) is 189 cm³/mol. The molecular formula is C37H71O8P. The second kappa shape index (κ2) is 33.7. The van der Waals surface area contributed by atoms with Gasteiger partial charge in [-0.1, -0.05) is 142 Å². The van der Waals surface area contributed by atoms with Gasteiger partial charge in [-0.3, -0.25) is 18.6 Å². The summed E-state index contributed by atoms with van der Waals surface area (Å²) in [6.07, 6.45) is 32.6. The van der Waals surface area contributed by atoms with Crippen molar-refractivity contribution >= 4 is 19.8 Å². The Morgan fingerprint density at radius 2 is 0.978 bits per heavy atom. The first kappa shape index (κ1) is 44.8. The number of rotatable bonds is 35. The first-order chi connectivity index (χ1) is 22.3. The van der Waals surface area contributed by atoms with Crippen LogP contribution in [0.5, 0.6) is 0 Å². The maximum Gasteiger partial charge on any atom is 0.472 e. The zero-order valence-electron chi connectivity index (χ0n) is 30.0. The van der Waals surface area contributed by atoms with E-state index in [4.69, 9.17) is 18.5 Å². The Morgan fingerprint density at radius 1 is 0.565 bits per heavy atom. The highest BCUT2D eigenvalue weighted by atomic mass is 31.2. The molecule has 46 heavy (non-hydrogen) atoms. The van der Waals surface area contributed by atoms with Crippen LogP contribution in [-0.4, -0.2) is 42.8 Å². The van der Waals surface area contributed by atoms with Crippen molar-refractivity contribution in [2.75, 3.05) is 19.8 Å². The molecule has 0 aliphatic carbocycles. The van der Waals surface area contributed by atoms with Gasteiger partial charge in [0.1, 0.15) is 6.61 Å². The van der Waals surface area contributed by atoms with Crippen molar-refractivity contribution in [3.8, 4) is 0 Å². The van der Waals surface area contributed by atoms with Crippen LogP contribution >= 0.6 is 7.82 Å². The molecule has 0 amide bonds. The van der Waals surface area contributed by atoms with E-state index in [1.54, 1.807) is 6.92 Å². The molecule has 0 rings (SSSR count). The van der Waals surface area contributed by atoms with Gasteiger partial charge in [-0.05, 0) is 45.4 Å². The van der Waals surface area contributed by atoms with Crippen LogP contribution in [0, 0.1) is 0 Å². The molecule has 272 valence electrons. The van der Waals surface area contributed by atoms with Crippen LogP contribution < -0.4 is 0 Å². The molecule has 2 unspecified atom stereocenters. The molecule has 0 fully saturated rings. The quantitative estimate of drug-likeness (QED) is 0.0306. The standard InChI is InChI=1S/C37H71O8P/c1-4-7-9-11-13-15-17-19-21-23-25-27-29-31-36(38)42-33-35(34-44-46(40,41)43-6-3)45-37(39)32-30-28-26-24-22-20-18-16-14-12-10-8-5-2/h16,18,35H,4-15,17,19-34H2,1-3H3,(H,40,41)/b18-16-. The van der Waals surface area contributed by atoms with Gasteiger partial charge in [0.05, 0.1) is 13.2 Å². The van der Waals surface area contributed by atoms with Gasteiger partial charge in [0.2, 0.25) is 0 Å². The highest BCUT2D eigenvalue weighted by Crippen LogP contribution is 2.43. The molecule has 0 aromatic heterocycles. The number of hydrogen-bond donors (Lipinski definition) is 1. The monoisotopic (exact) mass is 674 g/mol. The van der Waals surface area contributed by atoms with Crippen molar-refractivity contribution in [1.29, 1.82) is 0 Å². The normalized spacial score (nSPS) is 13.6. The van der Waals surface area contributed by atoms with Crippen LogP contribution in [0.3, 0.4) is 0 Å². The van der Waals surface area contributed by atoms with Crippen LogP contribution in [0.15, 0.2) is 12.2 Å². The lowest BCUT2D eigenvalue weighted by molar-refractivity contribution is -0.161. The molecule has 0 aromatic rings. The highest BCUT2D eigenvalue weighted by Gasteiger charge is 2.25. The van der Waals surface area contributed by atoms with Crippen molar-refractivity contribution < 1.29 is 37.6 Å². The summed E-state index contributed by atoms with van der Waals surface area (Å²) in [5.41, 5.74) is 0. The van der Waals surface area contributed by atoms with E-state index in [0.717, 1.165) is 51.4 Å². The number of unbranched alkanes of at least 4 members (excludes halogenated alkanes) is 21. The summed E-state index contributed by atoms with van der Waals surface area (Å²) in [4.78, 5) is 34.5. The molecule has 0 aliphatic heterocycles. The lowest BCUT2D eigenvalue weighted by Crippen LogP contribution is -2.29. The summed E-state index contributed by atoms with van der Waals surface area (Å²) in [7, 11) is -4.27. The summed E-state index contributed by atoms with van der Waals surface area (Å²) >= 11 is 0. The van der Waals surface area contributed by atoms with Crippen molar-refractivity contribution in [1.82, 2.24) is 0 Å². The van der Waals surface area contributed by atoms with Gasteiger partial charge >= 0.3 is 19.8 Å². The average molecular weight is 675 g/mol. The Labute approximate surface area is 282 Å². The lowest BCUT2D eigenvalue weighted by Gasteiger charge is -2.19. The first-order valence-corrected chi connectivity index (χ1v) is 20.5. The van der Waals surface area contributed by atoms with Crippen molar-refractivity contribution in [2.24, 2.45) is 0 Å². The highest BCUT2D eigenvalue weighted by molar-refractivity contribution is 7.47. The minimum atomic E-state index is -4.27. The minimum absolute atomic E-state index is 0.00166. The Kier molecular flexibility index (Phi) is 32.8. The topological polar surface area (TPSA) is 108 Å². The molecule has 0 saturated carbocycles. The second-order valence-corrected chi connectivity index (χ2v) is 14.1. The SMILES string of the molecule is CCCCCC/C=C\CCCCCCCC(=O)OC(COC(=O)CCCCCCCCCCCCCCC)COP(=O)(O)OCC. The van der Waals surface area contributed by atoms with E-state index in [1.807, 2.05) is 0 Å². The summed E-state index contributed by atoms with van der Waals surface area (Å²) < 4.78 is 32.5. The van der Waals surface area contributed by atoms with Gasteiger partial charge in [-0.15, -0.1) is 0 Å². The third kappa shape index (κ3) is 32.7. The Morgan fingerprint density at radius 3 is 1.46 bits per heavy atom. The number of phosphoric acid groups is 1. The fraction of sp³-hybridized carbons (Fsp3) is 0.892. The van der Waals surface area contributed by atoms with Gasteiger partial charge < -0.3 is 14.4 Å². The lowest BCUT2D eigenvalue weighted by atomic mass is 10.0. The molecule has 0 heterocycles. The Hall–Kier alpha value is -1.21. The number of hydrogen-bond acceptors (Lipinski definition) is 7. The summed E-state index contributed by atoms with van der Waals surface area (Å²) in [6, 6.07) is 0. The van der Waals surface area contributed by atoms with E-state index in [2.05, 4.69) is 26.0 Å². The van der Waals surface area contributed by atoms with Crippen LogP contribution in [0.4, 0.5) is 0 Å². The van der Waals surface area contributed by atoms with Crippen molar-refractivity contribution in [2.45, 2.75) is 194 Å². The molecule has 0 aromatic carbocycles. The molecule has 9 heteroatoms. The third-order valence-corrected chi connectivity index (χ3v) is 9.13. The van der Waals surface area contributed by atoms with E-state index in [1.165, 1.54) is 96.3 Å². The van der Waals surface area contributed by atoms with E-state index in [-0.39, 0.29) is 25.6 Å². The minimum Gasteiger partial charge on any atom is -0.462 e. The molecule has 0 spiro atoms. The van der Waals surface area contributed by atoms with Gasteiger partial charge in [0.15, 0.2) is 6.10 Å². The molecule has 8 nitrogen and oxygen atoms in total. The fourth-order valence-corrected chi connectivity index (χ4v) is 6.03. The van der Waals surface area contributed by atoms with Gasteiger partial charge in [0, 0.05) is 12.8 Å². The van der Waals surface area contributed by atoms with E-state index < -0.39 is 26.5 Å². The molecule has 1 N–H and O–H groups in total. The summed E-state index contributed by atoms with van der Waals surface area (Å²) in [5.74, 6) is -0.802. The number of phosphoric ester groups is 1. The summed E-state index contributed by atoms with van der Waals surface area (Å²) in [5, 5.41) is 0. The van der Waals surface area contributed by atoms with Crippen LogP contribution in [0.2, 0.25) is 0 Å². The number of esters is 2. The van der Waals surface area contributed by atoms with Gasteiger partial charge in [0.25, 0.3) is 0 Å². The second-order valence-electron chi connectivity index (χ2n) is 12.6. The number of carbonyl (C=O) groups is 2. The largest absolute Gasteiger partial charge is 0.472 e.